The Morgan fingerprint density at radius 1 is 1.15 bits per heavy atom. The fourth-order valence-corrected chi connectivity index (χ4v) is 3.32. The lowest BCUT2D eigenvalue weighted by atomic mass is 9.95. The SMILES string of the molecule is COc1ccc(C2CNC3(CCCC3)CO2)cc1OC. The van der Waals surface area contributed by atoms with Crippen molar-refractivity contribution in [1.82, 2.24) is 5.32 Å². The van der Waals surface area contributed by atoms with Gasteiger partial charge >= 0.3 is 0 Å². The van der Waals surface area contributed by atoms with Gasteiger partial charge in [-0.3, -0.25) is 0 Å². The number of hydrogen-bond donors (Lipinski definition) is 1. The zero-order chi connectivity index (χ0) is 14.0. The van der Waals surface area contributed by atoms with E-state index in [4.69, 9.17) is 14.2 Å². The molecule has 1 aromatic carbocycles. The molecule has 1 aliphatic carbocycles. The maximum Gasteiger partial charge on any atom is 0.161 e. The largest absolute Gasteiger partial charge is 0.493 e. The lowest BCUT2D eigenvalue weighted by molar-refractivity contribution is -0.0327. The highest BCUT2D eigenvalue weighted by Crippen LogP contribution is 2.37. The Hall–Kier alpha value is -1.26. The molecule has 0 radical (unpaired) electrons. The normalized spacial score (nSPS) is 24.8. The molecule has 1 aromatic rings. The maximum absolute atomic E-state index is 6.12. The molecule has 1 unspecified atom stereocenters. The molecule has 2 aliphatic rings. The van der Waals surface area contributed by atoms with Crippen LogP contribution in [0, 0.1) is 0 Å². The first-order valence-corrected chi connectivity index (χ1v) is 7.35. The fourth-order valence-electron chi connectivity index (χ4n) is 3.32. The van der Waals surface area contributed by atoms with E-state index in [9.17, 15) is 0 Å². The molecule has 1 saturated heterocycles. The summed E-state index contributed by atoms with van der Waals surface area (Å²) < 4.78 is 16.7. The molecule has 0 amide bonds. The number of hydrogen-bond acceptors (Lipinski definition) is 4. The zero-order valence-electron chi connectivity index (χ0n) is 12.3. The number of nitrogens with one attached hydrogen (secondary N) is 1. The summed E-state index contributed by atoms with van der Waals surface area (Å²) in [4.78, 5) is 0. The molecule has 0 aromatic heterocycles. The van der Waals surface area contributed by atoms with Crippen LogP contribution in [-0.4, -0.2) is 32.9 Å². The minimum absolute atomic E-state index is 0.0982. The Kier molecular flexibility index (Phi) is 3.85. The van der Waals surface area contributed by atoms with Gasteiger partial charge in [0.05, 0.1) is 26.9 Å². The van der Waals surface area contributed by atoms with Gasteiger partial charge in [-0.15, -0.1) is 0 Å². The molecule has 1 N–H and O–H groups in total. The van der Waals surface area contributed by atoms with Gasteiger partial charge in [0.2, 0.25) is 0 Å². The van der Waals surface area contributed by atoms with Crippen molar-refractivity contribution in [3.8, 4) is 11.5 Å². The molecular formula is C16H23NO3. The summed E-state index contributed by atoms with van der Waals surface area (Å²) in [5, 5.41) is 3.71. The standard InChI is InChI=1S/C16H23NO3/c1-18-13-6-5-12(9-14(13)19-2)15-10-17-16(11-20-15)7-3-4-8-16/h5-6,9,15,17H,3-4,7-8,10-11H2,1-2H3. The van der Waals surface area contributed by atoms with E-state index >= 15 is 0 Å². The summed E-state index contributed by atoms with van der Waals surface area (Å²) in [5.74, 6) is 1.52. The lowest BCUT2D eigenvalue weighted by Crippen LogP contribution is -2.53. The topological polar surface area (TPSA) is 39.7 Å². The third-order valence-corrected chi connectivity index (χ3v) is 4.56. The van der Waals surface area contributed by atoms with E-state index in [1.54, 1.807) is 14.2 Å². The predicted molar refractivity (Wildman–Crippen MR) is 77.4 cm³/mol. The molecule has 1 heterocycles. The Balaban J connectivity index is 1.71. The molecule has 1 atom stereocenters. The summed E-state index contributed by atoms with van der Waals surface area (Å²) in [6.45, 7) is 1.68. The quantitative estimate of drug-likeness (QED) is 0.922. The van der Waals surface area contributed by atoms with Crippen LogP contribution in [0.5, 0.6) is 11.5 Å². The van der Waals surface area contributed by atoms with Gasteiger partial charge in [-0.05, 0) is 30.5 Å². The number of morpholine rings is 1. The Bertz CT molecular complexity index is 459. The summed E-state index contributed by atoms with van der Waals surface area (Å²) in [6.07, 6.45) is 5.22. The fraction of sp³-hybridized carbons (Fsp3) is 0.625. The van der Waals surface area contributed by atoms with Crippen LogP contribution in [0.15, 0.2) is 18.2 Å². The highest BCUT2D eigenvalue weighted by molar-refractivity contribution is 5.43. The summed E-state index contributed by atoms with van der Waals surface area (Å²) in [6, 6.07) is 6.01. The van der Waals surface area contributed by atoms with E-state index in [0.717, 1.165) is 30.2 Å². The summed E-state index contributed by atoms with van der Waals surface area (Å²) in [7, 11) is 3.31. The summed E-state index contributed by atoms with van der Waals surface area (Å²) in [5.41, 5.74) is 1.38. The predicted octanol–water partition coefficient (Wildman–Crippen LogP) is 2.68. The molecule has 1 saturated carbocycles. The first-order chi connectivity index (χ1) is 9.76. The first-order valence-electron chi connectivity index (χ1n) is 7.35. The molecule has 1 aliphatic heterocycles. The zero-order valence-corrected chi connectivity index (χ0v) is 12.3. The van der Waals surface area contributed by atoms with E-state index in [0.29, 0.717) is 0 Å². The van der Waals surface area contributed by atoms with E-state index in [1.807, 2.05) is 12.1 Å². The van der Waals surface area contributed by atoms with Gasteiger partial charge in [-0.1, -0.05) is 18.9 Å². The average molecular weight is 277 g/mol. The second-order valence-corrected chi connectivity index (χ2v) is 5.78. The average Bonchev–Trinajstić information content (AvgIpc) is 2.95. The van der Waals surface area contributed by atoms with E-state index in [2.05, 4.69) is 11.4 Å². The van der Waals surface area contributed by atoms with Crippen molar-refractivity contribution in [3.05, 3.63) is 23.8 Å². The van der Waals surface area contributed by atoms with Gasteiger partial charge in [0.15, 0.2) is 11.5 Å². The van der Waals surface area contributed by atoms with Gasteiger partial charge in [0, 0.05) is 12.1 Å². The minimum Gasteiger partial charge on any atom is -0.493 e. The molecule has 20 heavy (non-hydrogen) atoms. The third-order valence-electron chi connectivity index (χ3n) is 4.56. The number of rotatable bonds is 3. The Morgan fingerprint density at radius 2 is 1.90 bits per heavy atom. The van der Waals surface area contributed by atoms with Crippen molar-refractivity contribution < 1.29 is 14.2 Å². The first kappa shape index (κ1) is 13.7. The van der Waals surface area contributed by atoms with Crippen molar-refractivity contribution in [2.24, 2.45) is 0 Å². The molecule has 0 bridgehead atoms. The van der Waals surface area contributed by atoms with Crippen LogP contribution < -0.4 is 14.8 Å². The minimum atomic E-state index is 0.0982. The van der Waals surface area contributed by atoms with Crippen LogP contribution in [0.1, 0.15) is 37.4 Å². The van der Waals surface area contributed by atoms with Crippen LogP contribution in [0.3, 0.4) is 0 Å². The van der Waals surface area contributed by atoms with Crippen molar-refractivity contribution >= 4 is 0 Å². The van der Waals surface area contributed by atoms with Gasteiger partial charge in [-0.25, -0.2) is 0 Å². The van der Waals surface area contributed by atoms with Gasteiger partial charge in [-0.2, -0.15) is 0 Å². The van der Waals surface area contributed by atoms with Gasteiger partial charge in [0.1, 0.15) is 0 Å². The molecular weight excluding hydrogens is 254 g/mol. The van der Waals surface area contributed by atoms with Gasteiger partial charge < -0.3 is 19.5 Å². The highest BCUT2D eigenvalue weighted by Gasteiger charge is 2.38. The number of ether oxygens (including phenoxy) is 3. The molecule has 110 valence electrons. The molecule has 3 rings (SSSR count). The lowest BCUT2D eigenvalue weighted by Gasteiger charge is -2.38. The number of methoxy groups -OCH3 is 2. The maximum atomic E-state index is 6.12. The van der Waals surface area contributed by atoms with Crippen LogP contribution in [-0.2, 0) is 4.74 Å². The van der Waals surface area contributed by atoms with Crippen molar-refractivity contribution in [2.75, 3.05) is 27.4 Å². The third kappa shape index (κ3) is 2.50. The van der Waals surface area contributed by atoms with E-state index in [-0.39, 0.29) is 11.6 Å². The molecule has 4 nitrogen and oxygen atoms in total. The van der Waals surface area contributed by atoms with E-state index < -0.39 is 0 Å². The van der Waals surface area contributed by atoms with Crippen molar-refractivity contribution in [3.63, 3.8) is 0 Å². The second-order valence-electron chi connectivity index (χ2n) is 5.78. The Morgan fingerprint density at radius 3 is 2.50 bits per heavy atom. The molecule has 2 fully saturated rings. The Labute approximate surface area is 120 Å². The molecule has 1 spiro atoms. The van der Waals surface area contributed by atoms with Crippen LogP contribution >= 0.6 is 0 Å². The van der Waals surface area contributed by atoms with Gasteiger partial charge in [0.25, 0.3) is 0 Å². The van der Waals surface area contributed by atoms with Crippen molar-refractivity contribution in [2.45, 2.75) is 37.3 Å². The second kappa shape index (κ2) is 5.62. The van der Waals surface area contributed by atoms with Crippen LogP contribution in [0.25, 0.3) is 0 Å². The number of benzene rings is 1. The smallest absolute Gasteiger partial charge is 0.161 e. The van der Waals surface area contributed by atoms with Crippen molar-refractivity contribution in [1.29, 1.82) is 0 Å². The monoisotopic (exact) mass is 277 g/mol. The van der Waals surface area contributed by atoms with E-state index in [1.165, 1.54) is 25.7 Å². The van der Waals surface area contributed by atoms with Crippen LogP contribution in [0.2, 0.25) is 0 Å². The van der Waals surface area contributed by atoms with Crippen LogP contribution in [0.4, 0.5) is 0 Å². The summed E-state index contributed by atoms with van der Waals surface area (Å²) >= 11 is 0. The highest BCUT2D eigenvalue weighted by atomic mass is 16.5. The molecule has 4 heteroatoms.